The number of pyridine rings is 1. The maximum Gasteiger partial charge on any atom is 0.282 e. The normalized spacial score (nSPS) is 14.5. The Labute approximate surface area is 202 Å². The van der Waals surface area contributed by atoms with Gasteiger partial charge in [0, 0.05) is 35.0 Å². The first-order chi connectivity index (χ1) is 16.0. The van der Waals surface area contributed by atoms with Crippen molar-refractivity contribution in [3.05, 3.63) is 75.7 Å². The van der Waals surface area contributed by atoms with E-state index >= 15 is 0 Å². The number of nitrogens with two attached hydrogens (primary N) is 1. The van der Waals surface area contributed by atoms with Crippen molar-refractivity contribution in [2.75, 3.05) is 29.9 Å². The number of anilines is 2. The van der Waals surface area contributed by atoms with Crippen molar-refractivity contribution >= 4 is 46.5 Å². The number of rotatable bonds is 5. The van der Waals surface area contributed by atoms with Gasteiger partial charge in [0.25, 0.3) is 11.8 Å². The zero-order valence-corrected chi connectivity index (χ0v) is 19.2. The molecule has 1 saturated heterocycles. The molecule has 2 amide bonds. The van der Waals surface area contributed by atoms with Crippen LogP contribution in [0.3, 0.4) is 0 Å². The molecule has 6 nitrogen and oxygen atoms in total. The summed E-state index contributed by atoms with van der Waals surface area (Å²) in [6.07, 6.45) is 1.37. The topological polar surface area (TPSA) is 79.5 Å². The van der Waals surface area contributed by atoms with Crippen molar-refractivity contribution in [3.8, 4) is 11.1 Å². The number of benzene rings is 2. The van der Waals surface area contributed by atoms with Gasteiger partial charge >= 0.3 is 0 Å². The molecule has 1 fully saturated rings. The van der Waals surface area contributed by atoms with Gasteiger partial charge in [-0.05, 0) is 36.4 Å². The summed E-state index contributed by atoms with van der Waals surface area (Å²) in [7, 11) is 1.34. The zero-order chi connectivity index (χ0) is 24.8. The van der Waals surface area contributed by atoms with Gasteiger partial charge in [0.05, 0.1) is 29.4 Å². The second-order valence-electron chi connectivity index (χ2n) is 7.80. The van der Waals surface area contributed by atoms with Crippen molar-refractivity contribution in [1.82, 2.24) is 4.98 Å². The zero-order valence-electron chi connectivity index (χ0n) is 17.7. The number of alkyl halides is 2. The number of hydrogen-bond donors (Lipinski definition) is 1. The van der Waals surface area contributed by atoms with Crippen molar-refractivity contribution in [1.29, 1.82) is 0 Å². The lowest BCUT2D eigenvalue weighted by Gasteiger charge is -2.41. The molecule has 34 heavy (non-hydrogen) atoms. The van der Waals surface area contributed by atoms with E-state index in [-0.39, 0.29) is 32.7 Å². The van der Waals surface area contributed by atoms with Crippen molar-refractivity contribution in [2.45, 2.75) is 5.92 Å². The molecule has 2 N–H and O–H groups in total. The van der Waals surface area contributed by atoms with Gasteiger partial charge in [0.2, 0.25) is 5.91 Å². The molecule has 0 bridgehead atoms. The van der Waals surface area contributed by atoms with Gasteiger partial charge in [-0.15, -0.1) is 0 Å². The van der Waals surface area contributed by atoms with Crippen LogP contribution < -0.4 is 15.5 Å². The molecule has 1 aromatic heterocycles. The standard InChI is InChI=1S/C23H17Cl2F3N4O2/c1-31(22(34)19-16(25)3-2-4-17(19)26)21-18(32-10-23(27,28)11-32)8-13(9-30-21)14-7-12(20(29)33)5-6-15(14)24/h2-9H,10-11H2,1H3,(H2,29,33). The van der Waals surface area contributed by atoms with Gasteiger partial charge in [-0.3, -0.25) is 14.5 Å². The summed E-state index contributed by atoms with van der Waals surface area (Å²) in [5.74, 6) is -5.18. The van der Waals surface area contributed by atoms with Gasteiger partial charge in [-0.1, -0.05) is 29.3 Å². The number of amides is 2. The van der Waals surface area contributed by atoms with Crippen LogP contribution in [0.25, 0.3) is 11.1 Å². The molecule has 2 aromatic carbocycles. The first-order valence-corrected chi connectivity index (χ1v) is 10.7. The number of carbonyl (C=O) groups excluding carboxylic acids is 2. The van der Waals surface area contributed by atoms with Crippen molar-refractivity contribution < 1.29 is 22.8 Å². The highest BCUT2D eigenvalue weighted by atomic mass is 35.5. The molecule has 0 radical (unpaired) electrons. The average Bonchev–Trinajstić information content (AvgIpc) is 2.76. The highest BCUT2D eigenvalue weighted by Crippen LogP contribution is 2.40. The quantitative estimate of drug-likeness (QED) is 0.524. The second kappa shape index (κ2) is 8.81. The lowest BCUT2D eigenvalue weighted by atomic mass is 10.0. The van der Waals surface area contributed by atoms with Crippen molar-refractivity contribution in [3.63, 3.8) is 0 Å². The lowest BCUT2D eigenvalue weighted by molar-refractivity contribution is -0.0262. The molecule has 0 aliphatic carbocycles. The Morgan fingerprint density at radius 1 is 1.12 bits per heavy atom. The van der Waals surface area contributed by atoms with E-state index in [0.717, 1.165) is 11.0 Å². The second-order valence-corrected chi connectivity index (χ2v) is 8.61. The number of carbonyl (C=O) groups is 2. The molecule has 0 spiro atoms. The summed E-state index contributed by atoms with van der Waals surface area (Å²) in [6, 6.07) is 9.75. The predicted molar refractivity (Wildman–Crippen MR) is 125 cm³/mol. The van der Waals surface area contributed by atoms with Crippen LogP contribution in [0.1, 0.15) is 20.7 Å². The Morgan fingerprint density at radius 2 is 1.82 bits per heavy atom. The Kier molecular flexibility index (Phi) is 6.18. The van der Waals surface area contributed by atoms with E-state index in [0.29, 0.717) is 11.1 Å². The Morgan fingerprint density at radius 3 is 2.44 bits per heavy atom. The summed E-state index contributed by atoms with van der Waals surface area (Å²) in [5.41, 5.74) is 6.19. The van der Waals surface area contributed by atoms with Crippen LogP contribution in [-0.2, 0) is 0 Å². The number of hydrogen-bond acceptors (Lipinski definition) is 4. The average molecular weight is 509 g/mol. The molecule has 0 saturated carbocycles. The maximum absolute atomic E-state index is 14.3. The third-order valence-electron chi connectivity index (χ3n) is 5.39. The summed E-state index contributed by atoms with van der Waals surface area (Å²) in [5, 5.41) is 0.183. The minimum Gasteiger partial charge on any atom is -0.366 e. The summed E-state index contributed by atoms with van der Waals surface area (Å²) < 4.78 is 41.7. The van der Waals surface area contributed by atoms with E-state index in [9.17, 15) is 22.8 Å². The maximum atomic E-state index is 14.3. The molecule has 0 atom stereocenters. The van der Waals surface area contributed by atoms with E-state index in [1.807, 2.05) is 0 Å². The monoisotopic (exact) mass is 508 g/mol. The summed E-state index contributed by atoms with van der Waals surface area (Å²) in [6.45, 7) is -1.19. The molecular formula is C23H17Cl2F3N4O2. The van der Waals surface area contributed by atoms with E-state index in [1.165, 1.54) is 54.5 Å². The summed E-state index contributed by atoms with van der Waals surface area (Å²) in [4.78, 5) is 31.3. The Balaban J connectivity index is 1.80. The van der Waals surface area contributed by atoms with E-state index in [1.54, 1.807) is 0 Å². The Bertz CT molecular complexity index is 1290. The third kappa shape index (κ3) is 4.41. The van der Waals surface area contributed by atoms with Gasteiger partial charge in [0.15, 0.2) is 5.82 Å². The van der Waals surface area contributed by atoms with Gasteiger partial charge < -0.3 is 10.6 Å². The minimum absolute atomic E-state index is 0.0192. The molecular weight excluding hydrogens is 492 g/mol. The molecule has 1 aliphatic rings. The number of nitrogens with zero attached hydrogens (tertiary/aromatic N) is 3. The smallest absolute Gasteiger partial charge is 0.282 e. The van der Waals surface area contributed by atoms with Crippen LogP contribution in [0.5, 0.6) is 0 Å². The number of primary amides is 1. The number of aromatic nitrogens is 1. The lowest BCUT2D eigenvalue weighted by Crippen LogP contribution is -2.56. The fraction of sp³-hybridized carbons (Fsp3) is 0.174. The van der Waals surface area contributed by atoms with Crippen LogP contribution in [-0.4, -0.2) is 42.9 Å². The summed E-state index contributed by atoms with van der Waals surface area (Å²) >= 11 is 12.3. The highest BCUT2D eigenvalue weighted by molar-refractivity contribution is 6.34. The third-order valence-corrected chi connectivity index (χ3v) is 6.04. The van der Waals surface area contributed by atoms with Crippen LogP contribution in [0.15, 0.2) is 48.7 Å². The predicted octanol–water partition coefficient (Wildman–Crippen LogP) is 5.03. The fourth-order valence-electron chi connectivity index (χ4n) is 3.63. The molecule has 3 aromatic rings. The van der Waals surface area contributed by atoms with Crippen LogP contribution in [0.4, 0.5) is 24.7 Å². The van der Waals surface area contributed by atoms with Gasteiger partial charge in [0.1, 0.15) is 5.82 Å². The molecule has 4 rings (SSSR count). The van der Waals surface area contributed by atoms with Crippen LogP contribution >= 0.6 is 23.2 Å². The first-order valence-electron chi connectivity index (χ1n) is 9.93. The van der Waals surface area contributed by atoms with Crippen molar-refractivity contribution in [2.24, 2.45) is 5.73 Å². The van der Waals surface area contributed by atoms with Crippen LogP contribution in [0.2, 0.25) is 10.0 Å². The highest BCUT2D eigenvalue weighted by Gasteiger charge is 2.45. The molecule has 11 heteroatoms. The Hall–Kier alpha value is -3.30. The minimum atomic E-state index is -2.91. The molecule has 0 unspecified atom stereocenters. The van der Waals surface area contributed by atoms with E-state index < -0.39 is 36.6 Å². The SMILES string of the molecule is CN(C(=O)c1c(F)cccc1Cl)c1ncc(-c2cc(C(N)=O)ccc2Cl)cc1N1CC(F)(F)C1. The fourth-order valence-corrected chi connectivity index (χ4v) is 4.10. The van der Waals surface area contributed by atoms with E-state index in [4.69, 9.17) is 28.9 Å². The molecule has 176 valence electrons. The molecule has 2 heterocycles. The largest absolute Gasteiger partial charge is 0.366 e. The van der Waals surface area contributed by atoms with Crippen LogP contribution in [0, 0.1) is 5.82 Å². The van der Waals surface area contributed by atoms with Gasteiger partial charge in [-0.2, -0.15) is 0 Å². The first kappa shape index (κ1) is 23.8. The van der Waals surface area contributed by atoms with E-state index in [2.05, 4.69) is 4.98 Å². The number of halogens is 5. The molecule has 1 aliphatic heterocycles. The van der Waals surface area contributed by atoms with Gasteiger partial charge in [-0.25, -0.2) is 18.2 Å².